The Balaban J connectivity index is 0.000000245. The van der Waals surface area contributed by atoms with Crippen LogP contribution >= 0.6 is 7.92 Å². The molecule has 0 spiro atoms. The average molecular weight is 532 g/mol. The van der Waals surface area contributed by atoms with Gasteiger partial charge in [-0.25, -0.2) is 0 Å². The maximum absolute atomic E-state index is 11.0. The first kappa shape index (κ1) is 30.0. The molecule has 0 aliphatic heterocycles. The van der Waals surface area contributed by atoms with Crippen molar-refractivity contribution in [3.63, 3.8) is 0 Å². The molecule has 0 saturated heterocycles. The summed E-state index contributed by atoms with van der Waals surface area (Å²) in [7, 11) is -0.0465. The van der Waals surface area contributed by atoms with Crippen molar-refractivity contribution < 1.29 is 26.7 Å². The summed E-state index contributed by atoms with van der Waals surface area (Å²) < 4.78 is 0. The van der Waals surface area contributed by atoms with Crippen molar-refractivity contribution in [3.8, 4) is 0 Å². The summed E-state index contributed by atoms with van der Waals surface area (Å²) in [6, 6.07) is 0. The molecule has 0 aromatic carbocycles. The van der Waals surface area contributed by atoms with Crippen LogP contribution in [0.1, 0.15) is 136 Å². The first-order valence-corrected chi connectivity index (χ1v) is 16.1. The molecular formula is C30H50NiO2P+. The molecule has 3 saturated carbocycles. The minimum Gasteiger partial charge on any atom is -0.876 e. The Labute approximate surface area is 221 Å². The van der Waals surface area contributed by atoms with Gasteiger partial charge in [-0.3, -0.25) is 0 Å². The normalized spacial score (nSPS) is 24.4. The summed E-state index contributed by atoms with van der Waals surface area (Å²) in [4.78, 5) is 0. The van der Waals surface area contributed by atoms with Gasteiger partial charge in [0.25, 0.3) is 0 Å². The molecule has 4 rings (SSSR count). The SMILES string of the molecule is C/C([O-])=C/C1=C(/C=C(/C)[O-])CCCC1.C1CCC([PH+](C2CCCCC2)C2CCCCC2)CC1.[Ni+2]. The molecule has 4 aliphatic carbocycles. The molecule has 3 fully saturated rings. The van der Waals surface area contributed by atoms with Gasteiger partial charge in [-0.1, -0.05) is 45.3 Å². The maximum Gasteiger partial charge on any atom is 2.00 e. The molecule has 196 valence electrons. The van der Waals surface area contributed by atoms with E-state index in [1.807, 2.05) is 0 Å². The van der Waals surface area contributed by atoms with E-state index in [4.69, 9.17) is 0 Å². The molecule has 4 heteroatoms. The summed E-state index contributed by atoms with van der Waals surface area (Å²) in [5, 5.41) is 21.9. The molecule has 0 aromatic heterocycles. The first-order valence-electron chi connectivity index (χ1n) is 14.3. The van der Waals surface area contributed by atoms with Crippen LogP contribution in [0.2, 0.25) is 0 Å². The van der Waals surface area contributed by atoms with Gasteiger partial charge in [-0.2, -0.15) is 0 Å². The van der Waals surface area contributed by atoms with Gasteiger partial charge in [0, 0.05) is 7.92 Å². The van der Waals surface area contributed by atoms with Crippen LogP contribution in [0, 0.1) is 0 Å². The van der Waals surface area contributed by atoms with E-state index in [0.29, 0.717) is 0 Å². The Morgan fingerprint density at radius 2 is 0.853 bits per heavy atom. The second-order valence-corrected chi connectivity index (χ2v) is 14.7. The predicted molar refractivity (Wildman–Crippen MR) is 142 cm³/mol. The van der Waals surface area contributed by atoms with E-state index < -0.39 is 0 Å². The van der Waals surface area contributed by atoms with Gasteiger partial charge in [-0.15, -0.1) is 11.5 Å². The van der Waals surface area contributed by atoms with Crippen LogP contribution in [-0.4, -0.2) is 17.0 Å². The second-order valence-electron chi connectivity index (χ2n) is 11.3. The van der Waals surface area contributed by atoms with Gasteiger partial charge >= 0.3 is 16.5 Å². The molecule has 4 aliphatic rings. The molecule has 0 amide bonds. The van der Waals surface area contributed by atoms with Crippen LogP contribution in [0.5, 0.6) is 0 Å². The molecule has 0 radical (unpaired) electrons. The van der Waals surface area contributed by atoms with E-state index >= 15 is 0 Å². The molecule has 0 heterocycles. The van der Waals surface area contributed by atoms with Crippen molar-refractivity contribution in [2.45, 2.75) is 153 Å². The fraction of sp³-hybridized carbons (Fsp3) is 0.800. The Morgan fingerprint density at radius 1 is 0.559 bits per heavy atom. The quantitative estimate of drug-likeness (QED) is 0.208. The molecule has 0 atom stereocenters. The second kappa shape index (κ2) is 16.5. The third-order valence-corrected chi connectivity index (χ3v) is 13.1. The largest absolute Gasteiger partial charge is 2.00 e. The van der Waals surface area contributed by atoms with Crippen LogP contribution < -0.4 is 10.2 Å². The molecular weight excluding hydrogens is 482 g/mol. The summed E-state index contributed by atoms with van der Waals surface area (Å²) in [6.07, 6.45) is 31.2. The third kappa shape index (κ3) is 10.0. The topological polar surface area (TPSA) is 46.1 Å². The van der Waals surface area contributed by atoms with E-state index in [2.05, 4.69) is 0 Å². The van der Waals surface area contributed by atoms with Crippen molar-refractivity contribution in [2.24, 2.45) is 0 Å². The van der Waals surface area contributed by atoms with E-state index in [9.17, 15) is 10.2 Å². The fourth-order valence-electron chi connectivity index (χ4n) is 7.08. The standard InChI is InChI=1S/C18H33P.C12H18O2.Ni/c1-4-10-16(11-5-1)19(17-12-6-2-7-13-17)18-14-8-3-9-15-18;1-9(13)7-11-5-3-4-6-12(11)8-10(2)14;/h16-18H,1-15H2;7-8,13-14H,3-6H2,1-2H3;/q;;+2/p-1/b;9-7-,10-8-;. The van der Waals surface area contributed by atoms with Crippen LogP contribution in [0.25, 0.3) is 0 Å². The first-order chi connectivity index (χ1) is 16.0. The zero-order chi connectivity index (χ0) is 23.5. The van der Waals surface area contributed by atoms with Crippen molar-refractivity contribution in [1.82, 2.24) is 0 Å². The summed E-state index contributed by atoms with van der Waals surface area (Å²) in [5.41, 5.74) is 5.79. The number of allylic oxidation sites excluding steroid dienone is 6. The average Bonchev–Trinajstić information content (AvgIpc) is 2.83. The fourth-order valence-corrected chi connectivity index (χ4v) is 12.3. The molecule has 34 heavy (non-hydrogen) atoms. The Kier molecular flexibility index (Phi) is 14.5. The Hall–Kier alpha value is -0.256. The van der Waals surface area contributed by atoms with Gasteiger partial charge in [0.05, 0.1) is 17.0 Å². The van der Waals surface area contributed by atoms with E-state index in [0.717, 1.165) is 36.8 Å². The van der Waals surface area contributed by atoms with Crippen molar-refractivity contribution >= 4 is 7.92 Å². The zero-order valence-electron chi connectivity index (χ0n) is 22.0. The van der Waals surface area contributed by atoms with Gasteiger partial charge in [0.1, 0.15) is 0 Å². The summed E-state index contributed by atoms with van der Waals surface area (Å²) in [6.45, 7) is 3.10. The van der Waals surface area contributed by atoms with Gasteiger partial charge < -0.3 is 10.2 Å². The molecule has 0 aromatic rings. The molecule has 0 unspecified atom stereocenters. The smallest absolute Gasteiger partial charge is 0.876 e. The van der Waals surface area contributed by atoms with Crippen LogP contribution in [-0.2, 0) is 16.5 Å². The van der Waals surface area contributed by atoms with Crippen molar-refractivity contribution in [2.75, 3.05) is 0 Å². The monoisotopic (exact) mass is 531 g/mol. The zero-order valence-corrected chi connectivity index (χ0v) is 23.9. The van der Waals surface area contributed by atoms with E-state index in [1.165, 1.54) is 17.0 Å². The number of hydrogen-bond donors (Lipinski definition) is 0. The molecule has 0 bridgehead atoms. The Morgan fingerprint density at radius 3 is 1.12 bits per heavy atom. The van der Waals surface area contributed by atoms with Crippen LogP contribution in [0.3, 0.4) is 0 Å². The molecule has 2 nitrogen and oxygen atoms in total. The minimum absolute atomic E-state index is 0. The maximum atomic E-state index is 11.0. The minimum atomic E-state index is -0.0465. The van der Waals surface area contributed by atoms with Gasteiger partial charge in [0.2, 0.25) is 0 Å². The summed E-state index contributed by atoms with van der Waals surface area (Å²) >= 11 is 0. The van der Waals surface area contributed by atoms with Gasteiger partial charge in [0.15, 0.2) is 0 Å². The van der Waals surface area contributed by atoms with E-state index in [1.54, 1.807) is 122 Å². The predicted octanol–water partition coefficient (Wildman–Crippen LogP) is 7.58. The third-order valence-electron chi connectivity index (χ3n) is 8.54. The van der Waals surface area contributed by atoms with Crippen molar-refractivity contribution in [3.05, 3.63) is 34.8 Å². The number of rotatable bonds is 5. The Bertz CT molecular complexity index is 584. The number of hydrogen-bond acceptors (Lipinski definition) is 2. The van der Waals surface area contributed by atoms with E-state index in [-0.39, 0.29) is 35.9 Å². The van der Waals surface area contributed by atoms with Crippen molar-refractivity contribution in [1.29, 1.82) is 0 Å². The molecule has 0 N–H and O–H groups in total. The van der Waals surface area contributed by atoms with Gasteiger partial charge in [-0.05, 0) is 114 Å². The van der Waals surface area contributed by atoms with Crippen LogP contribution in [0.4, 0.5) is 0 Å². The van der Waals surface area contributed by atoms with Crippen LogP contribution in [0.15, 0.2) is 34.8 Å². The summed E-state index contributed by atoms with van der Waals surface area (Å²) in [5.74, 6) is 0.132.